The second kappa shape index (κ2) is 5.25. The van der Waals surface area contributed by atoms with Crippen molar-refractivity contribution < 1.29 is 4.39 Å². The third-order valence-electron chi connectivity index (χ3n) is 2.35. The molecule has 0 aliphatic rings. The summed E-state index contributed by atoms with van der Waals surface area (Å²) >= 11 is 5.61. The molecule has 0 saturated heterocycles. The van der Waals surface area contributed by atoms with Gasteiger partial charge < -0.3 is 5.73 Å². The predicted molar refractivity (Wildman–Crippen MR) is 63.7 cm³/mol. The first-order valence-corrected chi connectivity index (χ1v) is 5.65. The van der Waals surface area contributed by atoms with Crippen LogP contribution in [-0.4, -0.2) is 21.5 Å². The molecule has 1 heterocycles. The largest absolute Gasteiger partial charge is 0.330 e. The molecule has 2 N–H and O–H groups in total. The summed E-state index contributed by atoms with van der Waals surface area (Å²) in [6.45, 7) is 0.614. The fourth-order valence-corrected chi connectivity index (χ4v) is 1.57. The lowest BCUT2D eigenvalue weighted by molar-refractivity contribution is 0.625. The Balaban J connectivity index is 2.21. The number of hydrogen-bond donors (Lipinski definition) is 1. The van der Waals surface area contributed by atoms with Gasteiger partial charge in [-0.05, 0) is 31.5 Å². The average Bonchev–Trinajstić information content (AvgIpc) is 2.79. The Kier molecular flexibility index (Phi) is 3.71. The highest BCUT2D eigenvalue weighted by Gasteiger charge is 2.05. The topological polar surface area (TPSA) is 56.7 Å². The number of aromatic nitrogens is 3. The van der Waals surface area contributed by atoms with Crippen LogP contribution < -0.4 is 5.73 Å². The molecule has 17 heavy (non-hydrogen) atoms. The molecule has 0 aliphatic carbocycles. The molecule has 0 bridgehead atoms. The van der Waals surface area contributed by atoms with Crippen LogP contribution in [0.5, 0.6) is 0 Å². The maximum atomic E-state index is 13.3. The quantitative estimate of drug-likeness (QED) is 0.907. The second-order valence-corrected chi connectivity index (χ2v) is 4.05. The smallest absolute Gasteiger partial charge is 0.143 e. The molecule has 0 radical (unpaired) electrons. The monoisotopic (exact) mass is 254 g/mol. The number of rotatable bonds is 4. The molecule has 0 fully saturated rings. The minimum absolute atomic E-state index is 0.0946. The molecule has 1 aromatic carbocycles. The first-order valence-electron chi connectivity index (χ1n) is 5.27. The summed E-state index contributed by atoms with van der Waals surface area (Å²) in [6, 6.07) is 4.50. The summed E-state index contributed by atoms with van der Waals surface area (Å²) in [5, 5.41) is 8.01. The molecule has 0 aliphatic heterocycles. The first-order chi connectivity index (χ1) is 8.20. The zero-order valence-corrected chi connectivity index (χ0v) is 9.86. The molecule has 0 atom stereocenters. The van der Waals surface area contributed by atoms with Crippen molar-refractivity contribution in [3.63, 3.8) is 0 Å². The lowest BCUT2D eigenvalue weighted by atomic mass is 10.2. The van der Waals surface area contributed by atoms with E-state index >= 15 is 0 Å². The van der Waals surface area contributed by atoms with Gasteiger partial charge >= 0.3 is 0 Å². The van der Waals surface area contributed by atoms with E-state index in [4.69, 9.17) is 17.3 Å². The summed E-state index contributed by atoms with van der Waals surface area (Å²) in [4.78, 5) is 0. The van der Waals surface area contributed by atoms with Crippen LogP contribution in [0.15, 0.2) is 24.4 Å². The van der Waals surface area contributed by atoms with E-state index < -0.39 is 5.82 Å². The van der Waals surface area contributed by atoms with Gasteiger partial charge in [-0.1, -0.05) is 16.8 Å². The van der Waals surface area contributed by atoms with E-state index in [1.807, 2.05) is 0 Å². The van der Waals surface area contributed by atoms with Gasteiger partial charge in [0.1, 0.15) is 5.82 Å². The molecular weight excluding hydrogens is 243 g/mol. The highest BCUT2D eigenvalue weighted by Crippen LogP contribution is 2.17. The fraction of sp³-hybridized carbons (Fsp3) is 0.273. The standard InChI is InChI=1S/C11H12ClFN4/c12-10-4-3-9(6-11(10)13)17-7-8(15-16-17)2-1-5-14/h3-4,6-7H,1-2,5,14H2. The highest BCUT2D eigenvalue weighted by atomic mass is 35.5. The molecule has 0 amide bonds. The van der Waals surface area contributed by atoms with Gasteiger partial charge in [0.15, 0.2) is 0 Å². The number of benzene rings is 1. The van der Waals surface area contributed by atoms with Crippen molar-refractivity contribution in [3.8, 4) is 5.69 Å². The maximum Gasteiger partial charge on any atom is 0.143 e. The highest BCUT2D eigenvalue weighted by molar-refractivity contribution is 6.30. The Morgan fingerprint density at radius 2 is 2.24 bits per heavy atom. The molecule has 4 nitrogen and oxygen atoms in total. The van der Waals surface area contributed by atoms with Crippen LogP contribution >= 0.6 is 11.6 Å². The van der Waals surface area contributed by atoms with Crippen molar-refractivity contribution in [2.45, 2.75) is 12.8 Å². The molecule has 0 saturated carbocycles. The third-order valence-corrected chi connectivity index (χ3v) is 2.65. The summed E-state index contributed by atoms with van der Waals surface area (Å²) < 4.78 is 14.8. The molecule has 2 rings (SSSR count). The first kappa shape index (κ1) is 12.0. The molecule has 90 valence electrons. The van der Waals surface area contributed by atoms with Crippen molar-refractivity contribution in [1.29, 1.82) is 0 Å². The Hall–Kier alpha value is -1.46. The van der Waals surface area contributed by atoms with Gasteiger partial charge in [-0.2, -0.15) is 0 Å². The third kappa shape index (κ3) is 2.81. The maximum absolute atomic E-state index is 13.3. The molecule has 1 aromatic heterocycles. The zero-order chi connectivity index (χ0) is 12.3. The summed E-state index contributed by atoms with van der Waals surface area (Å²) in [6.07, 6.45) is 3.39. The summed E-state index contributed by atoms with van der Waals surface area (Å²) in [7, 11) is 0. The van der Waals surface area contributed by atoms with E-state index in [9.17, 15) is 4.39 Å². The Morgan fingerprint density at radius 3 is 2.94 bits per heavy atom. The number of aryl methyl sites for hydroxylation is 1. The van der Waals surface area contributed by atoms with E-state index in [-0.39, 0.29) is 5.02 Å². The molecule has 0 spiro atoms. The van der Waals surface area contributed by atoms with Gasteiger partial charge in [0.05, 0.1) is 22.6 Å². The van der Waals surface area contributed by atoms with Crippen molar-refractivity contribution >= 4 is 11.6 Å². The Bertz CT molecular complexity index is 512. The Labute approximate surface area is 103 Å². The number of nitrogens with two attached hydrogens (primary N) is 1. The van der Waals surface area contributed by atoms with Gasteiger partial charge in [0, 0.05) is 6.07 Å². The van der Waals surface area contributed by atoms with Gasteiger partial charge in [-0.25, -0.2) is 9.07 Å². The van der Waals surface area contributed by atoms with Crippen molar-refractivity contribution in [3.05, 3.63) is 40.9 Å². The molecule has 2 aromatic rings. The lowest BCUT2D eigenvalue weighted by Crippen LogP contribution is -2.00. The Morgan fingerprint density at radius 1 is 1.41 bits per heavy atom. The van der Waals surface area contributed by atoms with Crippen molar-refractivity contribution in [2.24, 2.45) is 5.73 Å². The van der Waals surface area contributed by atoms with Gasteiger partial charge in [-0.3, -0.25) is 0 Å². The van der Waals surface area contributed by atoms with Crippen LogP contribution in [0.25, 0.3) is 5.69 Å². The van der Waals surface area contributed by atoms with Gasteiger partial charge in [0.2, 0.25) is 0 Å². The van der Waals surface area contributed by atoms with E-state index in [2.05, 4.69) is 10.3 Å². The molecule has 6 heteroatoms. The van der Waals surface area contributed by atoms with Crippen LogP contribution in [0.1, 0.15) is 12.1 Å². The van der Waals surface area contributed by atoms with Crippen LogP contribution in [0.3, 0.4) is 0 Å². The number of hydrogen-bond acceptors (Lipinski definition) is 3. The molecular formula is C11H12ClFN4. The van der Waals surface area contributed by atoms with Crippen LogP contribution in [0, 0.1) is 5.82 Å². The van der Waals surface area contributed by atoms with E-state index in [1.54, 1.807) is 12.3 Å². The number of halogens is 2. The van der Waals surface area contributed by atoms with Crippen LogP contribution in [0.4, 0.5) is 4.39 Å². The van der Waals surface area contributed by atoms with Crippen LogP contribution in [0.2, 0.25) is 5.02 Å². The lowest BCUT2D eigenvalue weighted by Gasteiger charge is -2.00. The fourth-order valence-electron chi connectivity index (χ4n) is 1.45. The normalized spacial score (nSPS) is 10.8. The SMILES string of the molecule is NCCCc1cn(-c2ccc(Cl)c(F)c2)nn1. The van der Waals surface area contributed by atoms with Crippen LogP contribution in [-0.2, 0) is 6.42 Å². The average molecular weight is 255 g/mol. The van der Waals surface area contributed by atoms with E-state index in [1.165, 1.54) is 16.8 Å². The van der Waals surface area contributed by atoms with Gasteiger partial charge in [-0.15, -0.1) is 5.10 Å². The van der Waals surface area contributed by atoms with E-state index in [0.29, 0.717) is 12.2 Å². The van der Waals surface area contributed by atoms with Crippen molar-refractivity contribution in [2.75, 3.05) is 6.54 Å². The minimum Gasteiger partial charge on any atom is -0.330 e. The predicted octanol–water partition coefficient (Wildman–Crippen LogP) is 1.95. The summed E-state index contributed by atoms with van der Waals surface area (Å²) in [5.41, 5.74) is 6.85. The molecule has 0 unspecified atom stereocenters. The zero-order valence-electron chi connectivity index (χ0n) is 9.11. The van der Waals surface area contributed by atoms with Gasteiger partial charge in [0.25, 0.3) is 0 Å². The number of nitrogens with zero attached hydrogens (tertiary/aromatic N) is 3. The summed E-state index contributed by atoms with van der Waals surface area (Å²) in [5.74, 6) is -0.469. The van der Waals surface area contributed by atoms with Crippen molar-refractivity contribution in [1.82, 2.24) is 15.0 Å². The second-order valence-electron chi connectivity index (χ2n) is 3.65. The minimum atomic E-state index is -0.469. The van der Waals surface area contributed by atoms with E-state index in [0.717, 1.165) is 18.5 Å².